The molecule has 3 heteroatoms. The zero-order valence-electron chi connectivity index (χ0n) is 20.3. The third kappa shape index (κ3) is 6.46. The molecule has 28 heavy (non-hydrogen) atoms. The minimum absolute atomic E-state index is 0. The van der Waals surface area contributed by atoms with E-state index in [0.717, 1.165) is 11.8 Å². The fourth-order valence-corrected chi connectivity index (χ4v) is 6.09. The fourth-order valence-electron chi connectivity index (χ4n) is 6.09. The number of halogens is 1. The lowest BCUT2D eigenvalue weighted by molar-refractivity contribution is -0.949. The minimum Gasteiger partial charge on any atom is -1.00 e. The minimum atomic E-state index is 0. The summed E-state index contributed by atoms with van der Waals surface area (Å²) in [6.07, 6.45) is 15.6. The molecule has 0 spiro atoms. The van der Waals surface area contributed by atoms with Crippen LogP contribution in [-0.4, -0.2) is 18.3 Å². The van der Waals surface area contributed by atoms with E-state index in [9.17, 15) is 0 Å². The molecular weight excluding hydrogens is 364 g/mol. The van der Waals surface area contributed by atoms with Gasteiger partial charge in [0.1, 0.15) is 5.54 Å². The highest BCUT2D eigenvalue weighted by atomic mass is 35.5. The van der Waals surface area contributed by atoms with Gasteiger partial charge in [-0.25, -0.2) is 5.01 Å². The maximum atomic E-state index is 5.50. The Hall–Kier alpha value is -0.0800. The number of hydrogen-bond donors (Lipinski definition) is 1. The van der Waals surface area contributed by atoms with Gasteiger partial charge in [0.15, 0.2) is 0 Å². The summed E-state index contributed by atoms with van der Waals surface area (Å²) in [6.45, 7) is 16.5. The Labute approximate surface area is 182 Å². The molecule has 1 atom stereocenters. The first kappa shape index (κ1) is 26.0. The van der Waals surface area contributed by atoms with Gasteiger partial charge in [0.05, 0.1) is 12.8 Å². The van der Waals surface area contributed by atoms with E-state index >= 15 is 0 Å². The van der Waals surface area contributed by atoms with Crippen LogP contribution in [-0.2, 0) is 0 Å². The Morgan fingerprint density at radius 2 is 1.21 bits per heavy atom. The quantitative estimate of drug-likeness (QED) is 0.541. The molecule has 2 aliphatic carbocycles. The molecule has 2 fully saturated rings. The van der Waals surface area contributed by atoms with Crippen LogP contribution in [0.25, 0.3) is 0 Å². The summed E-state index contributed by atoms with van der Waals surface area (Å²) in [4.78, 5) is 0. The molecular formula is C25H49ClN2. The monoisotopic (exact) mass is 412 g/mol. The van der Waals surface area contributed by atoms with Gasteiger partial charge in [-0.2, -0.15) is 0 Å². The van der Waals surface area contributed by atoms with E-state index in [1.807, 2.05) is 0 Å². The fraction of sp³-hybridized carbons (Fsp3) is 0.960. The van der Waals surface area contributed by atoms with Crippen molar-refractivity contribution in [3.8, 4) is 0 Å². The van der Waals surface area contributed by atoms with Crippen molar-refractivity contribution in [1.29, 1.82) is 0 Å². The molecule has 2 nitrogen and oxygen atoms in total. The summed E-state index contributed by atoms with van der Waals surface area (Å²) in [6, 6.07) is 0. The first-order valence-corrected chi connectivity index (χ1v) is 11.9. The van der Waals surface area contributed by atoms with Crippen molar-refractivity contribution < 1.29 is 17.4 Å². The summed E-state index contributed by atoms with van der Waals surface area (Å²) < 4.78 is 0. The molecule has 2 rings (SSSR count). The predicted molar refractivity (Wildman–Crippen MR) is 119 cm³/mol. The van der Waals surface area contributed by atoms with E-state index < -0.39 is 0 Å². The molecule has 0 saturated heterocycles. The second kappa shape index (κ2) is 10.3. The van der Waals surface area contributed by atoms with Gasteiger partial charge in [-0.1, -0.05) is 85.7 Å². The molecule has 0 bridgehead atoms. The van der Waals surface area contributed by atoms with Crippen LogP contribution in [0.2, 0.25) is 0 Å². The number of hydrogen-bond acceptors (Lipinski definition) is 1. The molecule has 2 saturated carbocycles. The lowest BCUT2D eigenvalue weighted by atomic mass is 9.66. The molecule has 0 radical (unpaired) electrons. The smallest absolute Gasteiger partial charge is 0.124 e. The van der Waals surface area contributed by atoms with Gasteiger partial charge in [-0.3, -0.25) is 0 Å². The van der Waals surface area contributed by atoms with E-state index in [1.165, 1.54) is 81.3 Å². The van der Waals surface area contributed by atoms with Crippen molar-refractivity contribution in [2.45, 2.75) is 125 Å². The summed E-state index contributed by atoms with van der Waals surface area (Å²) in [7, 11) is 2.40. The van der Waals surface area contributed by atoms with Gasteiger partial charge in [0.2, 0.25) is 0 Å². The Bertz CT molecular complexity index is 466. The van der Waals surface area contributed by atoms with Crippen LogP contribution < -0.4 is 17.4 Å². The molecule has 1 unspecified atom stereocenters. The van der Waals surface area contributed by atoms with Gasteiger partial charge < -0.3 is 12.4 Å². The number of rotatable bonds is 3. The Balaban J connectivity index is 0.00000392. The highest BCUT2D eigenvalue weighted by molar-refractivity contribution is 5.93. The molecule has 0 aromatic heterocycles. The van der Waals surface area contributed by atoms with Crippen LogP contribution in [0.5, 0.6) is 0 Å². The molecule has 0 aromatic carbocycles. The topological polar surface area (TPSA) is 16.8 Å². The zero-order chi connectivity index (χ0) is 20.3. The van der Waals surface area contributed by atoms with E-state index in [4.69, 9.17) is 5.10 Å². The summed E-state index contributed by atoms with van der Waals surface area (Å²) in [5, 5.41) is 6.97. The Morgan fingerprint density at radius 3 is 1.64 bits per heavy atom. The first-order valence-electron chi connectivity index (χ1n) is 11.9. The number of quaternary nitrogens is 1. The molecule has 0 heterocycles. The average molecular weight is 413 g/mol. The maximum Gasteiger partial charge on any atom is 0.124 e. The second-order valence-corrected chi connectivity index (χ2v) is 11.9. The molecule has 0 amide bonds. The maximum absolute atomic E-state index is 5.50. The zero-order valence-corrected chi connectivity index (χ0v) is 21.0. The molecule has 1 N–H and O–H groups in total. The average Bonchev–Trinajstić information content (AvgIpc) is 2.51. The van der Waals surface area contributed by atoms with Gasteiger partial charge in [0, 0.05) is 29.6 Å². The van der Waals surface area contributed by atoms with Crippen molar-refractivity contribution in [3.63, 3.8) is 0 Å². The highest BCUT2D eigenvalue weighted by Crippen LogP contribution is 2.40. The van der Waals surface area contributed by atoms with Crippen molar-refractivity contribution in [2.75, 3.05) is 7.05 Å². The van der Waals surface area contributed by atoms with Gasteiger partial charge >= 0.3 is 0 Å². The standard InChI is InChI=1S/C25H48N2.ClH/c1-20-16-18-25(19-17-20,21-14-12-10-9-11-13-15-21)27(8)26-22(23(2,3)4)24(5,6)7;/h20-21H,9-19H2,1-8H3;1H. The largest absolute Gasteiger partial charge is 1.00 e. The SMILES string of the molecule is CC1CCC(C2CCCCCCC2)([NH+](C)N=C(C(C)(C)C)C(C)(C)C)CC1.[Cl-]. The van der Waals surface area contributed by atoms with Crippen LogP contribution in [0.4, 0.5) is 0 Å². The van der Waals surface area contributed by atoms with Crippen LogP contribution in [0.15, 0.2) is 5.10 Å². The molecule has 0 aliphatic heterocycles. The normalized spacial score (nSPS) is 29.2. The lowest BCUT2D eigenvalue weighted by Crippen LogP contribution is -3.15. The van der Waals surface area contributed by atoms with Crippen LogP contribution in [0.1, 0.15) is 119 Å². The number of nitrogens with zero attached hydrogens (tertiary/aromatic N) is 1. The van der Waals surface area contributed by atoms with Crippen LogP contribution in [0, 0.1) is 22.7 Å². The van der Waals surface area contributed by atoms with Gasteiger partial charge in [-0.15, -0.1) is 0 Å². The third-order valence-corrected chi connectivity index (χ3v) is 7.47. The molecule has 2 aliphatic rings. The lowest BCUT2D eigenvalue weighted by Gasteiger charge is -2.47. The van der Waals surface area contributed by atoms with E-state index in [0.29, 0.717) is 5.54 Å². The summed E-state index contributed by atoms with van der Waals surface area (Å²) >= 11 is 0. The van der Waals surface area contributed by atoms with Crippen molar-refractivity contribution in [2.24, 2.45) is 27.8 Å². The number of nitrogens with one attached hydrogen (secondary N) is 1. The van der Waals surface area contributed by atoms with E-state index in [-0.39, 0.29) is 23.2 Å². The van der Waals surface area contributed by atoms with Crippen molar-refractivity contribution in [1.82, 2.24) is 0 Å². The third-order valence-electron chi connectivity index (χ3n) is 7.47. The van der Waals surface area contributed by atoms with E-state index in [1.54, 1.807) is 0 Å². The van der Waals surface area contributed by atoms with E-state index in [2.05, 4.69) is 55.5 Å². The molecule has 0 aromatic rings. The highest BCUT2D eigenvalue weighted by Gasteiger charge is 2.49. The molecule has 166 valence electrons. The predicted octanol–water partition coefficient (Wildman–Crippen LogP) is 3.26. The first-order chi connectivity index (χ1) is 12.5. The second-order valence-electron chi connectivity index (χ2n) is 11.9. The van der Waals surface area contributed by atoms with Crippen molar-refractivity contribution in [3.05, 3.63) is 0 Å². The Morgan fingerprint density at radius 1 is 0.786 bits per heavy atom. The van der Waals surface area contributed by atoms with Gasteiger partial charge in [0.25, 0.3) is 0 Å². The van der Waals surface area contributed by atoms with Crippen molar-refractivity contribution >= 4 is 5.71 Å². The Kier molecular flexibility index (Phi) is 9.54. The van der Waals surface area contributed by atoms with Crippen LogP contribution >= 0.6 is 0 Å². The van der Waals surface area contributed by atoms with Gasteiger partial charge in [-0.05, 0) is 31.6 Å². The van der Waals surface area contributed by atoms with Crippen LogP contribution in [0.3, 0.4) is 0 Å². The summed E-state index contributed by atoms with van der Waals surface area (Å²) in [5.74, 6) is 1.75. The summed E-state index contributed by atoms with van der Waals surface area (Å²) in [5.41, 5.74) is 2.01.